The van der Waals surface area contributed by atoms with Gasteiger partial charge in [0.2, 0.25) is 10.0 Å². The summed E-state index contributed by atoms with van der Waals surface area (Å²) >= 11 is 0.823. The Labute approximate surface area is 96.3 Å². The van der Waals surface area contributed by atoms with Crippen molar-refractivity contribution in [2.45, 2.75) is 17.2 Å². The van der Waals surface area contributed by atoms with Crippen molar-refractivity contribution in [1.82, 2.24) is 0 Å². The van der Waals surface area contributed by atoms with E-state index in [9.17, 15) is 13.2 Å². The van der Waals surface area contributed by atoms with Crippen molar-refractivity contribution in [2.24, 2.45) is 5.14 Å². The molecule has 8 heteroatoms. The van der Waals surface area contributed by atoms with Gasteiger partial charge < -0.3 is 4.74 Å². The topological polar surface area (TPSA) is 110 Å². The lowest BCUT2D eigenvalue weighted by atomic mass is 10.3. The van der Waals surface area contributed by atoms with E-state index in [0.717, 1.165) is 17.4 Å². The van der Waals surface area contributed by atoms with Crippen LogP contribution < -0.4 is 5.14 Å². The zero-order chi connectivity index (χ0) is 12.3. The molecule has 0 aliphatic carbocycles. The SMILES string of the molecule is CC(C#N)OC(=O)c1csc(S(N)(=O)=O)c1. The van der Waals surface area contributed by atoms with Crippen molar-refractivity contribution >= 4 is 27.3 Å². The first-order valence-corrected chi connectivity index (χ1v) is 6.49. The fourth-order valence-corrected chi connectivity index (χ4v) is 2.40. The Morgan fingerprint density at radius 3 is 2.75 bits per heavy atom. The Bertz CT molecular complexity index is 541. The molecular weight excluding hydrogens is 252 g/mol. The fraction of sp³-hybridized carbons (Fsp3) is 0.250. The summed E-state index contributed by atoms with van der Waals surface area (Å²) in [6.45, 7) is 1.41. The van der Waals surface area contributed by atoms with Crippen molar-refractivity contribution in [2.75, 3.05) is 0 Å². The molecular formula is C8H8N2O4S2. The number of nitrogens with zero attached hydrogens (tertiary/aromatic N) is 1. The molecule has 86 valence electrons. The maximum absolute atomic E-state index is 11.4. The van der Waals surface area contributed by atoms with E-state index < -0.39 is 22.1 Å². The van der Waals surface area contributed by atoms with E-state index in [2.05, 4.69) is 4.74 Å². The molecule has 0 saturated heterocycles. The van der Waals surface area contributed by atoms with Crippen LogP contribution in [-0.2, 0) is 14.8 Å². The minimum atomic E-state index is -3.80. The normalized spacial score (nSPS) is 12.8. The predicted octanol–water partition coefficient (Wildman–Crippen LogP) is 0.464. The number of hydrogen-bond donors (Lipinski definition) is 1. The standard InChI is InChI=1S/C8H8N2O4S2/c1-5(3-9)14-8(11)6-2-7(15-4-6)16(10,12)13/h2,4-5H,1H3,(H2,10,12,13). The summed E-state index contributed by atoms with van der Waals surface area (Å²) in [5, 5.41) is 14.6. The van der Waals surface area contributed by atoms with Gasteiger partial charge >= 0.3 is 5.97 Å². The second kappa shape index (κ2) is 4.61. The van der Waals surface area contributed by atoms with Crippen LogP contribution in [0.25, 0.3) is 0 Å². The van der Waals surface area contributed by atoms with Crippen molar-refractivity contribution in [3.63, 3.8) is 0 Å². The molecule has 1 unspecified atom stereocenters. The number of sulfonamides is 1. The molecule has 0 saturated carbocycles. The molecule has 1 heterocycles. The van der Waals surface area contributed by atoms with E-state index >= 15 is 0 Å². The molecule has 0 aliphatic heterocycles. The summed E-state index contributed by atoms with van der Waals surface area (Å²) in [4.78, 5) is 11.4. The van der Waals surface area contributed by atoms with E-state index in [1.165, 1.54) is 12.3 Å². The largest absolute Gasteiger partial charge is 0.444 e. The first-order chi connectivity index (χ1) is 7.34. The van der Waals surface area contributed by atoms with Gasteiger partial charge in [0.15, 0.2) is 6.10 Å². The van der Waals surface area contributed by atoms with Crippen LogP contribution in [0.1, 0.15) is 17.3 Å². The second-order valence-electron chi connectivity index (χ2n) is 2.88. The van der Waals surface area contributed by atoms with E-state index in [1.54, 1.807) is 6.07 Å². The fourth-order valence-electron chi connectivity index (χ4n) is 0.828. The molecule has 0 spiro atoms. The van der Waals surface area contributed by atoms with Crippen LogP contribution in [0.2, 0.25) is 0 Å². The van der Waals surface area contributed by atoms with E-state index in [4.69, 9.17) is 10.4 Å². The number of hydrogen-bond acceptors (Lipinski definition) is 6. The number of primary sulfonamides is 1. The summed E-state index contributed by atoms with van der Waals surface area (Å²) in [6, 6.07) is 2.84. The molecule has 6 nitrogen and oxygen atoms in total. The Hall–Kier alpha value is -1.43. The lowest BCUT2D eigenvalue weighted by Gasteiger charge is -2.03. The Balaban J connectivity index is 2.88. The lowest BCUT2D eigenvalue weighted by molar-refractivity contribution is 0.0436. The van der Waals surface area contributed by atoms with Crippen LogP contribution in [-0.4, -0.2) is 20.5 Å². The number of nitriles is 1. The van der Waals surface area contributed by atoms with Crippen LogP contribution in [0.15, 0.2) is 15.7 Å². The molecule has 2 N–H and O–H groups in total. The number of carbonyl (C=O) groups is 1. The zero-order valence-corrected chi connectivity index (χ0v) is 9.84. The lowest BCUT2D eigenvalue weighted by Crippen LogP contribution is -2.13. The van der Waals surface area contributed by atoms with Crippen LogP contribution in [0.5, 0.6) is 0 Å². The zero-order valence-electron chi connectivity index (χ0n) is 8.21. The third kappa shape index (κ3) is 3.03. The van der Waals surface area contributed by atoms with Gasteiger partial charge in [-0.3, -0.25) is 0 Å². The smallest absolute Gasteiger partial charge is 0.340 e. The molecule has 1 aromatic rings. The van der Waals surface area contributed by atoms with Crippen LogP contribution in [0.4, 0.5) is 0 Å². The van der Waals surface area contributed by atoms with Crippen molar-refractivity contribution in [3.8, 4) is 6.07 Å². The minimum absolute atomic E-state index is 0.0659. The van der Waals surface area contributed by atoms with Crippen molar-refractivity contribution in [3.05, 3.63) is 17.0 Å². The molecule has 1 aromatic heterocycles. The van der Waals surface area contributed by atoms with Gasteiger partial charge in [0.1, 0.15) is 10.3 Å². The quantitative estimate of drug-likeness (QED) is 0.794. The number of ether oxygens (including phenoxy) is 1. The van der Waals surface area contributed by atoms with Crippen LogP contribution in [0.3, 0.4) is 0 Å². The van der Waals surface area contributed by atoms with E-state index in [-0.39, 0.29) is 9.77 Å². The molecule has 0 bridgehead atoms. The van der Waals surface area contributed by atoms with Gasteiger partial charge in [0, 0.05) is 5.38 Å². The highest BCUT2D eigenvalue weighted by atomic mass is 32.2. The maximum atomic E-state index is 11.4. The molecule has 0 fully saturated rings. The second-order valence-corrected chi connectivity index (χ2v) is 5.58. The predicted molar refractivity (Wildman–Crippen MR) is 56.2 cm³/mol. The Morgan fingerprint density at radius 2 is 2.31 bits per heavy atom. The van der Waals surface area contributed by atoms with Gasteiger partial charge in [-0.05, 0) is 13.0 Å². The van der Waals surface area contributed by atoms with E-state index in [1.807, 2.05) is 0 Å². The third-order valence-corrected chi connectivity index (χ3v) is 3.94. The average Bonchev–Trinajstić information content (AvgIpc) is 2.65. The van der Waals surface area contributed by atoms with Gasteiger partial charge in [-0.25, -0.2) is 18.4 Å². The molecule has 0 radical (unpaired) electrons. The first-order valence-electron chi connectivity index (χ1n) is 4.06. The maximum Gasteiger partial charge on any atom is 0.340 e. The third-order valence-electron chi connectivity index (χ3n) is 1.56. The summed E-state index contributed by atoms with van der Waals surface area (Å²) in [5.41, 5.74) is 0.0659. The first kappa shape index (κ1) is 12.6. The van der Waals surface area contributed by atoms with Crippen molar-refractivity contribution in [1.29, 1.82) is 5.26 Å². The summed E-state index contributed by atoms with van der Waals surface area (Å²) < 4.78 is 26.4. The molecule has 1 atom stereocenters. The molecule has 0 amide bonds. The number of thiophene rings is 1. The monoisotopic (exact) mass is 260 g/mol. The average molecular weight is 260 g/mol. The van der Waals surface area contributed by atoms with Crippen LogP contribution >= 0.6 is 11.3 Å². The van der Waals surface area contributed by atoms with Gasteiger partial charge in [-0.2, -0.15) is 5.26 Å². The highest BCUT2D eigenvalue weighted by Gasteiger charge is 2.17. The molecule has 1 rings (SSSR count). The van der Waals surface area contributed by atoms with Crippen LogP contribution in [0, 0.1) is 11.3 Å². The van der Waals surface area contributed by atoms with Gasteiger partial charge in [-0.1, -0.05) is 0 Å². The number of esters is 1. The van der Waals surface area contributed by atoms with Crippen molar-refractivity contribution < 1.29 is 17.9 Å². The van der Waals surface area contributed by atoms with Gasteiger partial charge in [-0.15, -0.1) is 11.3 Å². The molecule has 0 aliphatic rings. The van der Waals surface area contributed by atoms with Gasteiger partial charge in [0.05, 0.1) is 5.56 Å². The number of rotatable bonds is 3. The summed E-state index contributed by atoms with van der Waals surface area (Å²) in [7, 11) is -3.80. The summed E-state index contributed by atoms with van der Waals surface area (Å²) in [5.74, 6) is -0.750. The number of nitrogens with two attached hydrogens (primary N) is 1. The summed E-state index contributed by atoms with van der Waals surface area (Å²) in [6.07, 6.45) is -0.884. The molecule has 0 aromatic carbocycles. The number of carbonyl (C=O) groups excluding carboxylic acids is 1. The Kier molecular flexibility index (Phi) is 3.64. The highest BCUT2D eigenvalue weighted by Crippen LogP contribution is 2.19. The molecule has 16 heavy (non-hydrogen) atoms. The Morgan fingerprint density at radius 1 is 1.69 bits per heavy atom. The minimum Gasteiger partial charge on any atom is -0.444 e. The van der Waals surface area contributed by atoms with Gasteiger partial charge in [0.25, 0.3) is 0 Å². The van der Waals surface area contributed by atoms with E-state index in [0.29, 0.717) is 0 Å². The highest BCUT2D eigenvalue weighted by molar-refractivity contribution is 7.91.